The monoisotopic (exact) mass is 193 g/mol. The Morgan fingerprint density at radius 2 is 2.36 bits per heavy atom. The van der Waals surface area contributed by atoms with Gasteiger partial charge in [0.1, 0.15) is 17.2 Å². The van der Waals surface area contributed by atoms with Crippen molar-refractivity contribution in [1.29, 1.82) is 0 Å². The van der Waals surface area contributed by atoms with Crippen LogP contribution in [0.4, 0.5) is 5.82 Å². The van der Waals surface area contributed by atoms with Gasteiger partial charge in [0, 0.05) is 12.1 Å². The zero-order chi connectivity index (χ0) is 10.1. The number of hydrogen-bond donors (Lipinski definition) is 1. The Morgan fingerprint density at radius 1 is 1.64 bits per heavy atom. The summed E-state index contributed by atoms with van der Waals surface area (Å²) in [5.41, 5.74) is 5.84. The Labute approximate surface area is 81.3 Å². The number of esters is 1. The normalized spacial score (nSPS) is 15.2. The summed E-state index contributed by atoms with van der Waals surface area (Å²) >= 11 is 0. The quantitative estimate of drug-likeness (QED) is 0.700. The van der Waals surface area contributed by atoms with E-state index in [1.165, 1.54) is 13.3 Å². The summed E-state index contributed by atoms with van der Waals surface area (Å²) in [5.74, 6) is 0.873. The third kappa shape index (κ3) is 1.53. The summed E-state index contributed by atoms with van der Waals surface area (Å²) in [6.07, 6.45) is 3.65. The molecule has 74 valence electrons. The molecule has 1 aliphatic rings. The first-order valence-electron chi connectivity index (χ1n) is 4.43. The van der Waals surface area contributed by atoms with E-state index in [1.807, 2.05) is 0 Å². The second-order valence-corrected chi connectivity index (χ2v) is 3.29. The third-order valence-electron chi connectivity index (χ3n) is 2.18. The van der Waals surface area contributed by atoms with E-state index in [9.17, 15) is 4.79 Å². The molecule has 0 atom stereocenters. The van der Waals surface area contributed by atoms with Crippen LogP contribution in [-0.2, 0) is 4.74 Å². The van der Waals surface area contributed by atoms with Crippen LogP contribution in [0.2, 0.25) is 0 Å². The largest absolute Gasteiger partial charge is 0.465 e. The van der Waals surface area contributed by atoms with E-state index in [1.54, 1.807) is 0 Å². The van der Waals surface area contributed by atoms with Gasteiger partial charge in [-0.15, -0.1) is 0 Å². The predicted octanol–water partition coefficient (Wildman–Crippen LogP) is 0.723. The lowest BCUT2D eigenvalue weighted by molar-refractivity contribution is 0.0601. The van der Waals surface area contributed by atoms with Crippen LogP contribution in [0.1, 0.15) is 34.9 Å². The van der Waals surface area contributed by atoms with E-state index in [2.05, 4.69) is 14.7 Å². The third-order valence-corrected chi connectivity index (χ3v) is 2.18. The van der Waals surface area contributed by atoms with E-state index in [-0.39, 0.29) is 11.4 Å². The van der Waals surface area contributed by atoms with Crippen molar-refractivity contribution in [3.05, 3.63) is 17.6 Å². The molecule has 0 amide bonds. The molecule has 5 nitrogen and oxygen atoms in total. The second kappa shape index (κ2) is 3.25. The molecule has 1 aromatic heterocycles. The molecule has 5 heteroatoms. The maximum absolute atomic E-state index is 11.1. The molecule has 0 aromatic carbocycles. The number of rotatable bonds is 2. The van der Waals surface area contributed by atoms with Crippen molar-refractivity contribution in [3.8, 4) is 0 Å². The first kappa shape index (κ1) is 8.93. The number of nitrogens with zero attached hydrogens (tertiary/aromatic N) is 2. The summed E-state index contributed by atoms with van der Waals surface area (Å²) in [6, 6.07) is 0. The van der Waals surface area contributed by atoms with Crippen LogP contribution in [0.15, 0.2) is 6.20 Å². The molecule has 14 heavy (non-hydrogen) atoms. The van der Waals surface area contributed by atoms with Gasteiger partial charge in [0.25, 0.3) is 0 Å². The number of nitrogens with two attached hydrogens (primary N) is 1. The zero-order valence-corrected chi connectivity index (χ0v) is 7.86. The highest BCUT2D eigenvalue weighted by Crippen LogP contribution is 2.38. The lowest BCUT2D eigenvalue weighted by atomic mass is 10.3. The highest BCUT2D eigenvalue weighted by molar-refractivity contribution is 5.93. The van der Waals surface area contributed by atoms with Crippen LogP contribution in [-0.4, -0.2) is 23.0 Å². The van der Waals surface area contributed by atoms with E-state index in [0.29, 0.717) is 5.92 Å². The van der Waals surface area contributed by atoms with Gasteiger partial charge in [-0.2, -0.15) is 0 Å². The summed E-state index contributed by atoms with van der Waals surface area (Å²) in [5, 5.41) is 0. The number of anilines is 1. The summed E-state index contributed by atoms with van der Waals surface area (Å²) in [4.78, 5) is 19.3. The number of hydrogen-bond acceptors (Lipinski definition) is 5. The van der Waals surface area contributed by atoms with Crippen LogP contribution in [0.5, 0.6) is 0 Å². The van der Waals surface area contributed by atoms with Gasteiger partial charge >= 0.3 is 5.97 Å². The summed E-state index contributed by atoms with van der Waals surface area (Å²) < 4.78 is 4.53. The number of carbonyl (C=O) groups is 1. The number of ether oxygens (including phenoxy) is 1. The first-order valence-corrected chi connectivity index (χ1v) is 4.43. The smallest absolute Gasteiger partial charge is 0.343 e. The number of carbonyl (C=O) groups excluding carboxylic acids is 1. The van der Waals surface area contributed by atoms with Gasteiger partial charge in [-0.25, -0.2) is 14.8 Å². The minimum Gasteiger partial charge on any atom is -0.465 e. The standard InChI is InChI=1S/C9H11N3O2/c1-14-9(13)6-4-11-8(5-2-3-5)12-7(6)10/h4-5H,2-3H2,1H3,(H2,10,11,12). The minimum atomic E-state index is -0.496. The second-order valence-electron chi connectivity index (χ2n) is 3.29. The molecule has 0 unspecified atom stereocenters. The number of nitrogen functional groups attached to an aromatic ring is 1. The highest BCUT2D eigenvalue weighted by Gasteiger charge is 2.27. The molecule has 1 saturated carbocycles. The summed E-state index contributed by atoms with van der Waals surface area (Å²) in [7, 11) is 1.30. The van der Waals surface area contributed by atoms with Crippen LogP contribution >= 0.6 is 0 Å². The molecule has 0 radical (unpaired) electrons. The topological polar surface area (TPSA) is 78.1 Å². The van der Waals surface area contributed by atoms with Crippen molar-refractivity contribution in [2.45, 2.75) is 18.8 Å². The van der Waals surface area contributed by atoms with E-state index < -0.39 is 5.97 Å². The Kier molecular flexibility index (Phi) is 2.07. The molecule has 1 fully saturated rings. The van der Waals surface area contributed by atoms with Gasteiger partial charge in [0.15, 0.2) is 0 Å². The van der Waals surface area contributed by atoms with Crippen LogP contribution in [0.3, 0.4) is 0 Å². The molecular weight excluding hydrogens is 182 g/mol. The van der Waals surface area contributed by atoms with E-state index in [4.69, 9.17) is 5.73 Å². The van der Waals surface area contributed by atoms with Crippen molar-refractivity contribution >= 4 is 11.8 Å². The number of methoxy groups -OCH3 is 1. The molecular formula is C9H11N3O2. The summed E-state index contributed by atoms with van der Waals surface area (Å²) in [6.45, 7) is 0. The lowest BCUT2D eigenvalue weighted by Crippen LogP contribution is -2.09. The average Bonchev–Trinajstić information content (AvgIpc) is 3.00. The predicted molar refractivity (Wildman–Crippen MR) is 49.8 cm³/mol. The number of aromatic nitrogens is 2. The molecule has 1 heterocycles. The van der Waals surface area contributed by atoms with Crippen LogP contribution in [0, 0.1) is 0 Å². The molecule has 0 bridgehead atoms. The highest BCUT2D eigenvalue weighted by atomic mass is 16.5. The molecule has 0 aliphatic heterocycles. The van der Waals surface area contributed by atoms with Crippen LogP contribution < -0.4 is 5.73 Å². The molecule has 0 spiro atoms. The lowest BCUT2D eigenvalue weighted by Gasteiger charge is -2.03. The fourth-order valence-electron chi connectivity index (χ4n) is 1.21. The average molecular weight is 193 g/mol. The van der Waals surface area contributed by atoms with Gasteiger partial charge < -0.3 is 10.5 Å². The minimum absolute atomic E-state index is 0.203. The Bertz CT molecular complexity index is 374. The van der Waals surface area contributed by atoms with Crippen molar-refractivity contribution in [2.24, 2.45) is 0 Å². The van der Waals surface area contributed by atoms with Gasteiger partial charge in [-0.3, -0.25) is 0 Å². The van der Waals surface area contributed by atoms with Crippen molar-refractivity contribution in [2.75, 3.05) is 12.8 Å². The van der Waals surface area contributed by atoms with Gasteiger partial charge in [0.2, 0.25) is 0 Å². The molecule has 0 saturated heterocycles. The first-order chi connectivity index (χ1) is 6.72. The molecule has 1 aromatic rings. The van der Waals surface area contributed by atoms with Crippen molar-refractivity contribution < 1.29 is 9.53 Å². The van der Waals surface area contributed by atoms with Crippen LogP contribution in [0.25, 0.3) is 0 Å². The van der Waals surface area contributed by atoms with E-state index in [0.717, 1.165) is 18.7 Å². The maximum atomic E-state index is 11.1. The van der Waals surface area contributed by atoms with Gasteiger partial charge in [-0.05, 0) is 12.8 Å². The van der Waals surface area contributed by atoms with Crippen molar-refractivity contribution in [3.63, 3.8) is 0 Å². The van der Waals surface area contributed by atoms with Crippen molar-refractivity contribution in [1.82, 2.24) is 9.97 Å². The van der Waals surface area contributed by atoms with Gasteiger partial charge in [0.05, 0.1) is 7.11 Å². The fourth-order valence-corrected chi connectivity index (χ4v) is 1.21. The fraction of sp³-hybridized carbons (Fsp3) is 0.444. The zero-order valence-electron chi connectivity index (χ0n) is 7.86. The SMILES string of the molecule is COC(=O)c1cnc(C2CC2)nc1N. The van der Waals surface area contributed by atoms with E-state index >= 15 is 0 Å². The Hall–Kier alpha value is -1.65. The molecule has 2 rings (SSSR count). The maximum Gasteiger partial charge on any atom is 0.343 e. The molecule has 1 aliphatic carbocycles. The Morgan fingerprint density at radius 3 is 2.86 bits per heavy atom. The molecule has 2 N–H and O–H groups in total. The van der Waals surface area contributed by atoms with Gasteiger partial charge in [-0.1, -0.05) is 0 Å². The Balaban J connectivity index is 2.30.